The van der Waals surface area contributed by atoms with Crippen LogP contribution in [-0.2, 0) is 11.0 Å². The van der Waals surface area contributed by atoms with E-state index in [1.54, 1.807) is 0 Å². The molecule has 0 amide bonds. The summed E-state index contributed by atoms with van der Waals surface area (Å²) in [5, 5.41) is 18.9. The summed E-state index contributed by atoms with van der Waals surface area (Å²) in [4.78, 5) is 30.7. The molecule has 1 N–H and O–H groups in total. The Labute approximate surface area is 96.8 Å². The number of hydrogen-bond acceptors (Lipinski definition) is 4. The minimum absolute atomic E-state index is 0.121. The topological polar surface area (TPSA) is 97.5 Å². The molecule has 96 valence electrons. The molecule has 0 saturated carbocycles. The largest absolute Gasteiger partial charge is 0.475 e. The zero-order valence-corrected chi connectivity index (χ0v) is 8.39. The van der Waals surface area contributed by atoms with Crippen LogP contribution in [0.4, 0.5) is 18.9 Å². The van der Waals surface area contributed by atoms with Crippen LogP contribution in [0.25, 0.3) is 0 Å². The van der Waals surface area contributed by atoms with Crippen LogP contribution in [0.15, 0.2) is 18.2 Å². The third-order valence-electron chi connectivity index (χ3n) is 1.96. The Bertz CT molecular complexity index is 537. The lowest BCUT2D eigenvalue weighted by Gasteiger charge is -2.07. The van der Waals surface area contributed by atoms with Crippen molar-refractivity contribution in [1.29, 1.82) is 0 Å². The van der Waals surface area contributed by atoms with E-state index >= 15 is 0 Å². The van der Waals surface area contributed by atoms with Crippen LogP contribution in [0.3, 0.4) is 0 Å². The van der Waals surface area contributed by atoms with Crippen molar-refractivity contribution in [2.45, 2.75) is 6.18 Å². The zero-order chi connectivity index (χ0) is 14.1. The summed E-state index contributed by atoms with van der Waals surface area (Å²) < 4.78 is 36.9. The first kappa shape index (κ1) is 13.6. The predicted molar refractivity (Wildman–Crippen MR) is 50.1 cm³/mol. The highest BCUT2D eigenvalue weighted by molar-refractivity contribution is 6.40. The number of nitro benzene ring substituents is 1. The van der Waals surface area contributed by atoms with Crippen LogP contribution >= 0.6 is 0 Å². The molecule has 9 heteroatoms. The summed E-state index contributed by atoms with van der Waals surface area (Å²) in [5.41, 5.74) is -3.44. The summed E-state index contributed by atoms with van der Waals surface area (Å²) >= 11 is 0. The second kappa shape index (κ2) is 4.43. The van der Waals surface area contributed by atoms with Gasteiger partial charge in [0.05, 0.1) is 10.5 Å². The Morgan fingerprint density at radius 1 is 1.28 bits per heavy atom. The van der Waals surface area contributed by atoms with Gasteiger partial charge in [0, 0.05) is 6.07 Å². The molecule has 18 heavy (non-hydrogen) atoms. The fraction of sp³-hybridized carbons (Fsp3) is 0.111. The van der Waals surface area contributed by atoms with Crippen molar-refractivity contribution in [3.8, 4) is 0 Å². The van der Waals surface area contributed by atoms with Gasteiger partial charge in [0.15, 0.2) is 0 Å². The number of alkyl halides is 3. The zero-order valence-electron chi connectivity index (χ0n) is 8.39. The monoisotopic (exact) mass is 263 g/mol. The molecule has 6 nitrogen and oxygen atoms in total. The highest BCUT2D eigenvalue weighted by atomic mass is 19.4. The lowest BCUT2D eigenvalue weighted by Crippen LogP contribution is -2.15. The van der Waals surface area contributed by atoms with Crippen molar-refractivity contribution in [3.63, 3.8) is 0 Å². The molecule has 0 bridgehead atoms. The molecule has 0 aliphatic carbocycles. The number of carboxylic acids is 1. The average molecular weight is 263 g/mol. The lowest BCUT2D eigenvalue weighted by atomic mass is 10.1. The van der Waals surface area contributed by atoms with Gasteiger partial charge in [-0.05, 0) is 12.1 Å². The lowest BCUT2D eigenvalue weighted by molar-refractivity contribution is -0.385. The molecular weight excluding hydrogens is 259 g/mol. The van der Waals surface area contributed by atoms with Crippen molar-refractivity contribution < 1.29 is 32.8 Å². The number of carbonyl (C=O) groups excluding carboxylic acids is 1. The first-order valence-electron chi connectivity index (χ1n) is 4.28. The number of aliphatic carboxylic acids is 1. The van der Waals surface area contributed by atoms with Crippen molar-refractivity contribution in [2.75, 3.05) is 0 Å². The van der Waals surface area contributed by atoms with Gasteiger partial charge in [0.25, 0.3) is 11.5 Å². The first-order valence-corrected chi connectivity index (χ1v) is 4.28. The van der Waals surface area contributed by atoms with Gasteiger partial charge in [-0.2, -0.15) is 13.2 Å². The molecule has 1 aromatic rings. The van der Waals surface area contributed by atoms with Gasteiger partial charge in [-0.15, -0.1) is 0 Å². The predicted octanol–water partition coefficient (Wildman–Crippen LogP) is 1.88. The van der Waals surface area contributed by atoms with Gasteiger partial charge >= 0.3 is 12.1 Å². The normalized spacial score (nSPS) is 11.1. The second-order valence-electron chi connectivity index (χ2n) is 3.12. The minimum Gasteiger partial charge on any atom is -0.475 e. The van der Waals surface area contributed by atoms with E-state index in [-0.39, 0.29) is 6.07 Å². The summed E-state index contributed by atoms with van der Waals surface area (Å²) in [6.07, 6.45) is -4.82. The van der Waals surface area contributed by atoms with E-state index in [1.165, 1.54) is 0 Å². The highest BCUT2D eigenvalue weighted by Gasteiger charge is 2.34. The maximum absolute atomic E-state index is 12.3. The Kier molecular flexibility index (Phi) is 3.35. The van der Waals surface area contributed by atoms with Crippen LogP contribution < -0.4 is 0 Å². The van der Waals surface area contributed by atoms with E-state index in [0.29, 0.717) is 12.1 Å². The number of ketones is 1. The first-order chi connectivity index (χ1) is 8.14. The molecule has 0 spiro atoms. The summed E-state index contributed by atoms with van der Waals surface area (Å²) in [5.74, 6) is -3.63. The molecule has 0 atom stereocenters. The molecule has 0 aliphatic rings. The molecule has 0 heterocycles. The maximum atomic E-state index is 12.3. The SMILES string of the molecule is O=C(O)C(=O)c1ccc(C(F)(F)F)cc1[N+](=O)[O-]. The fourth-order valence-corrected chi connectivity index (χ4v) is 1.17. The Hall–Kier alpha value is -2.45. The molecular formula is C9H4F3NO5. The van der Waals surface area contributed by atoms with Crippen LogP contribution in [0.5, 0.6) is 0 Å². The molecule has 0 radical (unpaired) electrons. The molecule has 1 aromatic carbocycles. The molecule has 1 rings (SSSR count). The van der Waals surface area contributed by atoms with Crippen molar-refractivity contribution in [1.82, 2.24) is 0 Å². The molecule has 0 saturated heterocycles. The smallest absolute Gasteiger partial charge is 0.416 e. The number of nitrogens with zero attached hydrogens (tertiary/aromatic N) is 1. The number of hydrogen-bond donors (Lipinski definition) is 1. The van der Waals surface area contributed by atoms with E-state index < -0.39 is 39.7 Å². The molecule has 0 fully saturated rings. The van der Waals surface area contributed by atoms with E-state index in [1.807, 2.05) is 0 Å². The number of halogens is 3. The molecule has 0 aromatic heterocycles. The van der Waals surface area contributed by atoms with Gasteiger partial charge in [0.2, 0.25) is 0 Å². The maximum Gasteiger partial charge on any atom is 0.416 e. The van der Waals surface area contributed by atoms with E-state index in [9.17, 15) is 32.9 Å². The molecule has 0 unspecified atom stereocenters. The highest BCUT2D eigenvalue weighted by Crippen LogP contribution is 2.33. The van der Waals surface area contributed by atoms with Gasteiger partial charge < -0.3 is 5.11 Å². The van der Waals surface area contributed by atoms with E-state index in [4.69, 9.17) is 5.11 Å². The Morgan fingerprint density at radius 2 is 1.83 bits per heavy atom. The third-order valence-corrected chi connectivity index (χ3v) is 1.96. The van der Waals surface area contributed by atoms with Gasteiger partial charge in [-0.25, -0.2) is 4.79 Å². The van der Waals surface area contributed by atoms with Crippen LogP contribution in [-0.4, -0.2) is 21.8 Å². The van der Waals surface area contributed by atoms with Crippen molar-refractivity contribution in [2.24, 2.45) is 0 Å². The minimum atomic E-state index is -4.82. The van der Waals surface area contributed by atoms with Gasteiger partial charge in [-0.1, -0.05) is 0 Å². The Balaban J connectivity index is 3.44. The standard InChI is InChI=1S/C9H4F3NO5/c10-9(11,12)4-1-2-5(7(14)8(15)16)6(3-4)13(17)18/h1-3H,(H,15,16). The van der Waals surface area contributed by atoms with E-state index in [0.717, 1.165) is 0 Å². The van der Waals surface area contributed by atoms with Crippen molar-refractivity contribution >= 4 is 17.4 Å². The van der Waals surface area contributed by atoms with Gasteiger partial charge in [0.1, 0.15) is 5.56 Å². The number of benzene rings is 1. The Morgan fingerprint density at radius 3 is 2.22 bits per heavy atom. The summed E-state index contributed by atoms with van der Waals surface area (Å²) in [7, 11) is 0. The fourth-order valence-electron chi connectivity index (χ4n) is 1.17. The number of carbonyl (C=O) groups is 2. The van der Waals surface area contributed by atoms with E-state index in [2.05, 4.69) is 0 Å². The number of nitro groups is 1. The molecule has 0 aliphatic heterocycles. The van der Waals surface area contributed by atoms with Crippen molar-refractivity contribution in [3.05, 3.63) is 39.4 Å². The van der Waals surface area contributed by atoms with Crippen LogP contribution in [0.2, 0.25) is 0 Å². The number of Topliss-reactive ketones (excluding diaryl/α,β-unsaturated/α-hetero) is 1. The summed E-state index contributed by atoms with van der Waals surface area (Å²) in [6, 6.07) is 0.997. The second-order valence-corrected chi connectivity index (χ2v) is 3.12. The quantitative estimate of drug-likeness (QED) is 0.388. The average Bonchev–Trinajstić information content (AvgIpc) is 2.25. The number of rotatable bonds is 3. The third kappa shape index (κ3) is 2.62. The summed E-state index contributed by atoms with van der Waals surface area (Å²) in [6.45, 7) is 0. The van der Waals surface area contributed by atoms with Crippen LogP contribution in [0.1, 0.15) is 15.9 Å². The van der Waals surface area contributed by atoms with Gasteiger partial charge in [-0.3, -0.25) is 14.9 Å². The van der Waals surface area contributed by atoms with Crippen LogP contribution in [0, 0.1) is 10.1 Å². The number of carboxylic acid groups (broad SMARTS) is 1.